The average molecular weight is 517 g/mol. The fourth-order valence-corrected chi connectivity index (χ4v) is 5.77. The summed E-state index contributed by atoms with van der Waals surface area (Å²) >= 11 is 0. The summed E-state index contributed by atoms with van der Waals surface area (Å²) in [5.74, 6) is -1.80. The van der Waals surface area contributed by atoms with Crippen molar-refractivity contribution in [3.63, 3.8) is 0 Å². The van der Waals surface area contributed by atoms with Gasteiger partial charge in [-0.3, -0.25) is 0 Å². The second-order valence-corrected chi connectivity index (χ2v) is 10.9. The minimum absolute atomic E-state index is 0.0985. The Bertz CT molecular complexity index is 1050. The van der Waals surface area contributed by atoms with Gasteiger partial charge in [0.25, 0.3) is 0 Å². The van der Waals surface area contributed by atoms with Gasteiger partial charge in [-0.2, -0.15) is 0 Å². The summed E-state index contributed by atoms with van der Waals surface area (Å²) < 4.78 is 55.5. The average Bonchev–Trinajstić information content (AvgIpc) is 2.90. The summed E-state index contributed by atoms with van der Waals surface area (Å²) in [7, 11) is 0. The third-order valence-corrected chi connectivity index (χ3v) is 8.16. The summed E-state index contributed by atoms with van der Waals surface area (Å²) in [5.41, 5.74) is 1.08. The van der Waals surface area contributed by atoms with E-state index in [0.29, 0.717) is 49.3 Å². The van der Waals surface area contributed by atoms with Crippen LogP contribution in [-0.4, -0.2) is 18.7 Å². The number of carbonyl (C=O) groups is 1. The van der Waals surface area contributed by atoms with Crippen molar-refractivity contribution in [1.82, 2.24) is 0 Å². The van der Waals surface area contributed by atoms with E-state index in [-0.39, 0.29) is 29.3 Å². The van der Waals surface area contributed by atoms with E-state index in [9.17, 15) is 9.18 Å². The van der Waals surface area contributed by atoms with Crippen molar-refractivity contribution in [2.75, 3.05) is 6.61 Å². The molecule has 2 saturated carbocycles. The molecule has 2 aliphatic rings. The molecule has 2 aliphatic carbocycles. The lowest BCUT2D eigenvalue weighted by Gasteiger charge is -2.30. The number of esters is 1. The lowest BCUT2D eigenvalue weighted by atomic mass is 9.77. The summed E-state index contributed by atoms with van der Waals surface area (Å²) in [6, 6.07) is 7.67. The van der Waals surface area contributed by atoms with Gasteiger partial charge in [-0.1, -0.05) is 51.7 Å². The minimum Gasteiger partial charge on any atom is -0.491 e. The largest absolute Gasteiger partial charge is 0.491 e. The first kappa shape index (κ1) is 27.5. The first-order valence-corrected chi connectivity index (χ1v) is 14.0. The molecule has 0 aromatic heterocycles. The molecule has 202 valence electrons. The Labute approximate surface area is 218 Å². The summed E-state index contributed by atoms with van der Waals surface area (Å²) in [5, 5.41) is 0. The highest BCUT2D eigenvalue weighted by Gasteiger charge is 2.30. The van der Waals surface area contributed by atoms with Crippen LogP contribution in [0.4, 0.5) is 13.2 Å². The van der Waals surface area contributed by atoms with Crippen molar-refractivity contribution in [2.45, 2.75) is 102 Å². The molecule has 4 rings (SSSR count). The van der Waals surface area contributed by atoms with E-state index in [1.54, 1.807) is 12.1 Å². The fourth-order valence-electron chi connectivity index (χ4n) is 5.77. The van der Waals surface area contributed by atoms with Crippen molar-refractivity contribution < 1.29 is 27.4 Å². The van der Waals surface area contributed by atoms with Gasteiger partial charge in [0, 0.05) is 0 Å². The van der Waals surface area contributed by atoms with Crippen molar-refractivity contribution in [1.29, 1.82) is 0 Å². The molecule has 0 saturated heterocycles. The Kier molecular flexibility index (Phi) is 9.55. The number of carbonyl (C=O) groups excluding carboxylic acids is 1. The molecule has 37 heavy (non-hydrogen) atoms. The maximum Gasteiger partial charge on any atom is 0.338 e. The zero-order chi connectivity index (χ0) is 26.4. The monoisotopic (exact) mass is 516 g/mol. The molecule has 2 fully saturated rings. The van der Waals surface area contributed by atoms with Gasteiger partial charge >= 0.3 is 5.97 Å². The van der Waals surface area contributed by atoms with Crippen LogP contribution < -0.4 is 4.74 Å². The van der Waals surface area contributed by atoms with Crippen molar-refractivity contribution in [3.05, 3.63) is 64.5 Å². The van der Waals surface area contributed by atoms with Gasteiger partial charge in [-0.15, -0.1) is 0 Å². The molecule has 0 amide bonds. The van der Waals surface area contributed by atoms with Crippen LogP contribution in [0.25, 0.3) is 0 Å². The number of hydrogen-bond acceptors (Lipinski definition) is 3. The normalized spacial score (nSPS) is 24.0. The van der Waals surface area contributed by atoms with Gasteiger partial charge in [0.15, 0.2) is 23.2 Å². The molecular weight excluding hydrogens is 477 g/mol. The first-order chi connectivity index (χ1) is 17.9. The molecule has 0 aliphatic heterocycles. The molecule has 0 atom stereocenters. The molecule has 0 unspecified atom stereocenters. The van der Waals surface area contributed by atoms with E-state index in [1.165, 1.54) is 12.1 Å². The minimum atomic E-state index is -0.718. The Morgan fingerprint density at radius 3 is 2.00 bits per heavy atom. The van der Waals surface area contributed by atoms with Crippen LogP contribution in [0.3, 0.4) is 0 Å². The topological polar surface area (TPSA) is 35.5 Å². The highest BCUT2D eigenvalue weighted by molar-refractivity contribution is 5.89. The quantitative estimate of drug-likeness (QED) is 0.247. The standard InChI is InChI=1S/C31H39F3O3/c1-3-4-5-18-36-28-17-12-23(19-27(28)32)31(35)37-24-13-10-22(11-14-24)26-16-15-25(29(33)30(26)34)21-8-6-20(2)7-9-21/h12,15-17,19-22,24H,3-11,13-14,18H2,1-2H3. The third-order valence-electron chi connectivity index (χ3n) is 8.16. The second-order valence-electron chi connectivity index (χ2n) is 10.9. The van der Waals surface area contributed by atoms with Crippen LogP contribution in [0.1, 0.15) is 118 Å². The van der Waals surface area contributed by atoms with Crippen LogP contribution in [0.2, 0.25) is 0 Å². The lowest BCUT2D eigenvalue weighted by molar-refractivity contribution is 0.0193. The smallest absolute Gasteiger partial charge is 0.338 e. The van der Waals surface area contributed by atoms with Crippen LogP contribution in [0.5, 0.6) is 5.75 Å². The fraction of sp³-hybridized carbons (Fsp3) is 0.581. The molecule has 0 heterocycles. The predicted octanol–water partition coefficient (Wildman–Crippen LogP) is 8.85. The number of halogens is 3. The van der Waals surface area contributed by atoms with E-state index in [2.05, 4.69) is 13.8 Å². The Morgan fingerprint density at radius 1 is 0.838 bits per heavy atom. The molecule has 3 nitrogen and oxygen atoms in total. The SMILES string of the molecule is CCCCCOc1ccc(C(=O)OC2CCC(c3ccc(C4CCC(C)CC4)c(F)c3F)CC2)cc1F. The number of unbranched alkanes of at least 4 members (excludes halogenated alkanes) is 2. The van der Waals surface area contributed by atoms with Gasteiger partial charge in [-0.25, -0.2) is 18.0 Å². The maximum absolute atomic E-state index is 15.1. The van der Waals surface area contributed by atoms with Crippen LogP contribution in [-0.2, 0) is 4.74 Å². The molecule has 0 spiro atoms. The number of benzene rings is 2. The van der Waals surface area contributed by atoms with E-state index < -0.39 is 23.4 Å². The van der Waals surface area contributed by atoms with Gasteiger partial charge in [-0.05, 0) is 92.0 Å². The zero-order valence-corrected chi connectivity index (χ0v) is 22.0. The van der Waals surface area contributed by atoms with E-state index in [1.807, 2.05) is 0 Å². The highest BCUT2D eigenvalue weighted by Crippen LogP contribution is 2.40. The number of ether oxygens (including phenoxy) is 2. The summed E-state index contributed by atoms with van der Waals surface area (Å²) in [6.07, 6.45) is 8.84. The van der Waals surface area contributed by atoms with Gasteiger partial charge in [0.2, 0.25) is 0 Å². The zero-order valence-electron chi connectivity index (χ0n) is 22.0. The van der Waals surface area contributed by atoms with Crippen LogP contribution >= 0.6 is 0 Å². The molecular formula is C31H39F3O3. The number of rotatable bonds is 9. The van der Waals surface area contributed by atoms with Gasteiger partial charge < -0.3 is 9.47 Å². The van der Waals surface area contributed by atoms with Gasteiger partial charge in [0.05, 0.1) is 12.2 Å². The Morgan fingerprint density at radius 2 is 1.43 bits per heavy atom. The molecule has 6 heteroatoms. The Hall–Kier alpha value is -2.50. The molecule has 2 aromatic carbocycles. The van der Waals surface area contributed by atoms with Crippen LogP contribution in [0.15, 0.2) is 30.3 Å². The molecule has 2 aromatic rings. The van der Waals surface area contributed by atoms with Crippen LogP contribution in [0, 0.1) is 23.4 Å². The highest BCUT2D eigenvalue weighted by atomic mass is 19.2. The molecule has 0 N–H and O–H groups in total. The lowest BCUT2D eigenvalue weighted by Crippen LogP contribution is -2.24. The predicted molar refractivity (Wildman–Crippen MR) is 139 cm³/mol. The van der Waals surface area contributed by atoms with E-state index >= 15 is 8.78 Å². The van der Waals surface area contributed by atoms with E-state index in [0.717, 1.165) is 51.0 Å². The van der Waals surface area contributed by atoms with Crippen molar-refractivity contribution >= 4 is 5.97 Å². The molecule has 0 radical (unpaired) electrons. The maximum atomic E-state index is 15.1. The number of hydrogen-bond donors (Lipinski definition) is 0. The van der Waals surface area contributed by atoms with Crippen molar-refractivity contribution in [3.8, 4) is 5.75 Å². The van der Waals surface area contributed by atoms with Crippen molar-refractivity contribution in [2.24, 2.45) is 5.92 Å². The first-order valence-electron chi connectivity index (χ1n) is 14.0. The summed E-state index contributed by atoms with van der Waals surface area (Å²) in [6.45, 7) is 4.73. The van der Waals surface area contributed by atoms with E-state index in [4.69, 9.17) is 9.47 Å². The van der Waals surface area contributed by atoms with Gasteiger partial charge in [0.1, 0.15) is 6.10 Å². The summed E-state index contributed by atoms with van der Waals surface area (Å²) in [4.78, 5) is 12.6. The Balaban J connectivity index is 1.30. The third kappa shape index (κ3) is 6.88. The molecule has 0 bridgehead atoms. The second kappa shape index (κ2) is 12.8.